The van der Waals surface area contributed by atoms with Gasteiger partial charge in [0.1, 0.15) is 11.5 Å². The van der Waals surface area contributed by atoms with E-state index in [4.69, 9.17) is 17.0 Å². The second kappa shape index (κ2) is 11.5. The number of phenols is 2. The third-order valence-electron chi connectivity index (χ3n) is 3.92. The van der Waals surface area contributed by atoms with Crippen molar-refractivity contribution in [1.29, 1.82) is 0 Å². The Hall–Kier alpha value is -0.497. The topological polar surface area (TPSA) is 40.5 Å². The molecule has 0 aliphatic heterocycles. The minimum atomic E-state index is -0.826. The van der Waals surface area contributed by atoms with Crippen LogP contribution in [0.15, 0.2) is 36.4 Å². The molecule has 0 fully saturated rings. The summed E-state index contributed by atoms with van der Waals surface area (Å²) in [5.41, 5.74) is 4.46. The Morgan fingerprint density at radius 2 is 0.926 bits per heavy atom. The molecule has 0 aliphatic carbocycles. The molecule has 5 heteroatoms. The molecule has 27 heavy (non-hydrogen) atoms. The van der Waals surface area contributed by atoms with Crippen LogP contribution in [0.4, 0.5) is 0 Å². The Bertz CT molecular complexity index is 656. The summed E-state index contributed by atoms with van der Waals surface area (Å²) in [4.78, 5) is 0. The van der Waals surface area contributed by atoms with E-state index in [0.29, 0.717) is 11.5 Å². The van der Waals surface area contributed by atoms with Crippen molar-refractivity contribution in [2.24, 2.45) is 0 Å². The summed E-state index contributed by atoms with van der Waals surface area (Å²) in [6.07, 6.45) is 0. The monoisotopic (exact) mass is 488 g/mol. The van der Waals surface area contributed by atoms with Crippen LogP contribution in [-0.2, 0) is 31.7 Å². The van der Waals surface area contributed by atoms with E-state index in [2.05, 4.69) is 41.5 Å². The number of halogens is 2. The van der Waals surface area contributed by atoms with Crippen LogP contribution in [-0.4, -0.2) is 10.2 Å². The predicted molar refractivity (Wildman–Crippen MR) is 115 cm³/mol. The van der Waals surface area contributed by atoms with Gasteiger partial charge in [-0.1, -0.05) is 76.9 Å². The zero-order chi connectivity index (χ0) is 21.4. The summed E-state index contributed by atoms with van der Waals surface area (Å²) < 4.78 is 0. The van der Waals surface area contributed by atoms with Gasteiger partial charge in [0.05, 0.1) is 0 Å². The first-order chi connectivity index (χ1) is 12.2. The zero-order valence-corrected chi connectivity index (χ0v) is 21.6. The summed E-state index contributed by atoms with van der Waals surface area (Å²) in [5, 5.41) is 19.1. The van der Waals surface area contributed by atoms with Crippen LogP contribution in [0.2, 0.25) is 0 Å². The van der Waals surface area contributed by atoms with Crippen LogP contribution in [0.5, 0.6) is 11.5 Å². The normalized spacial score (nSPS) is 10.9. The van der Waals surface area contributed by atoms with Crippen molar-refractivity contribution in [1.82, 2.24) is 0 Å². The van der Waals surface area contributed by atoms with Gasteiger partial charge in [0, 0.05) is 0 Å². The van der Waals surface area contributed by atoms with E-state index in [1.165, 1.54) is 11.1 Å². The molecule has 0 unspecified atom stereocenters. The molecule has 0 bridgehead atoms. The number of hydrogen-bond acceptors (Lipinski definition) is 2. The molecule has 0 spiro atoms. The molecule has 2 rings (SSSR count). The first-order valence-electron chi connectivity index (χ1n) is 8.80. The van der Waals surface area contributed by atoms with Gasteiger partial charge in [-0.25, -0.2) is 0 Å². The third kappa shape index (κ3) is 10.0. The summed E-state index contributed by atoms with van der Waals surface area (Å²) >= 11 is -0.826. The van der Waals surface area contributed by atoms with Gasteiger partial charge in [-0.2, -0.15) is 0 Å². The summed E-state index contributed by atoms with van der Waals surface area (Å²) in [7, 11) is 9.87. The van der Waals surface area contributed by atoms with Crippen molar-refractivity contribution in [3.05, 3.63) is 58.7 Å². The number of benzene rings is 2. The van der Waals surface area contributed by atoms with E-state index in [9.17, 15) is 10.2 Å². The van der Waals surface area contributed by atoms with Crippen LogP contribution in [0.1, 0.15) is 63.8 Å². The molecule has 0 heterocycles. The van der Waals surface area contributed by atoms with Crippen LogP contribution >= 0.6 is 17.0 Å². The summed E-state index contributed by atoms with van der Waals surface area (Å²) in [5.74, 6) is 0.793. The van der Waals surface area contributed by atoms with Crippen molar-refractivity contribution in [2.45, 2.75) is 66.2 Å². The molecule has 2 N–H and O–H groups in total. The van der Waals surface area contributed by atoms with Crippen molar-refractivity contribution in [2.75, 3.05) is 0 Å². The molecule has 0 amide bonds. The van der Waals surface area contributed by atoms with Gasteiger partial charge in [0.15, 0.2) is 0 Å². The van der Waals surface area contributed by atoms with Crippen LogP contribution < -0.4 is 0 Å². The molecule has 0 aromatic heterocycles. The maximum atomic E-state index is 9.57. The Kier molecular flexibility index (Phi) is 11.3. The Morgan fingerprint density at radius 1 is 0.667 bits per heavy atom. The average molecular weight is 491 g/mol. The summed E-state index contributed by atoms with van der Waals surface area (Å²) in [6, 6.07) is 11.4. The molecule has 0 saturated heterocycles. The molecule has 0 radical (unpaired) electrons. The van der Waals surface area contributed by atoms with Crippen molar-refractivity contribution >= 4 is 17.0 Å². The Labute approximate surface area is 183 Å². The Morgan fingerprint density at radius 3 is 1.11 bits per heavy atom. The van der Waals surface area contributed by atoms with E-state index in [1.807, 2.05) is 38.1 Å². The van der Waals surface area contributed by atoms with Crippen LogP contribution in [0.3, 0.4) is 0 Å². The number of hydrogen-bond donors (Lipinski definition) is 2. The van der Waals surface area contributed by atoms with Crippen LogP contribution in [0.25, 0.3) is 0 Å². The molecular weight excluding hydrogens is 458 g/mol. The van der Waals surface area contributed by atoms with E-state index >= 15 is 0 Å². The molecule has 0 atom stereocenters. The molecule has 150 valence electrons. The number of aromatic hydroxyl groups is 2. The summed E-state index contributed by atoms with van der Waals surface area (Å²) in [6.45, 7) is 16.7. The van der Waals surface area contributed by atoms with Crippen molar-refractivity contribution < 1.29 is 31.1 Å². The molecular formula is C22H32Cl2O2Zr. The number of aryl methyl sites for hydroxylation is 2. The standard InChI is InChI=1S/2C11H16O.2ClH.Zr/c2*1-8-5-6-10(12)9(7-8)11(2,3)4;;;/h2*5-7,12H,1-4H3;2*1H;/q;;;;+2/p-2. The fourth-order valence-electron chi connectivity index (χ4n) is 2.50. The number of phenolic OH excluding ortho intramolecular Hbond substituents is 2. The SMILES string of the molecule is Cc1ccc(O)c(C(C)(C)C)c1.Cc1ccc(O)c(C(C)(C)C)c1.[Cl][Zr][Cl]. The van der Waals surface area contributed by atoms with E-state index in [0.717, 1.165) is 11.1 Å². The van der Waals surface area contributed by atoms with E-state index in [1.54, 1.807) is 12.1 Å². The van der Waals surface area contributed by atoms with Gasteiger partial charge in [-0.3, -0.25) is 0 Å². The van der Waals surface area contributed by atoms with Gasteiger partial charge in [-0.05, 0) is 47.9 Å². The number of rotatable bonds is 0. The van der Waals surface area contributed by atoms with Crippen molar-refractivity contribution in [3.8, 4) is 11.5 Å². The molecule has 2 aromatic rings. The first-order valence-corrected chi connectivity index (χ1v) is 15.1. The zero-order valence-electron chi connectivity index (χ0n) is 17.6. The van der Waals surface area contributed by atoms with Gasteiger partial charge in [0.25, 0.3) is 0 Å². The molecule has 0 aliphatic rings. The first kappa shape index (κ1) is 26.5. The fraction of sp³-hybridized carbons (Fsp3) is 0.455. The predicted octanol–water partition coefficient (Wildman–Crippen LogP) is 7.37. The van der Waals surface area contributed by atoms with E-state index < -0.39 is 20.8 Å². The second-order valence-corrected chi connectivity index (χ2v) is 12.3. The van der Waals surface area contributed by atoms with Gasteiger partial charge < -0.3 is 10.2 Å². The van der Waals surface area contributed by atoms with E-state index in [-0.39, 0.29) is 10.8 Å². The van der Waals surface area contributed by atoms with Gasteiger partial charge in [0.2, 0.25) is 0 Å². The average Bonchev–Trinajstić information content (AvgIpc) is 2.51. The molecule has 2 nitrogen and oxygen atoms in total. The molecule has 2 aromatic carbocycles. The maximum absolute atomic E-state index is 9.57. The minimum absolute atomic E-state index is 0.0239. The molecule has 0 saturated carbocycles. The van der Waals surface area contributed by atoms with Gasteiger partial charge >= 0.3 is 37.9 Å². The van der Waals surface area contributed by atoms with Crippen molar-refractivity contribution in [3.63, 3.8) is 0 Å². The Balaban J connectivity index is 0.000000438. The quantitative estimate of drug-likeness (QED) is 0.405. The van der Waals surface area contributed by atoms with Gasteiger partial charge in [-0.15, -0.1) is 0 Å². The fourth-order valence-corrected chi connectivity index (χ4v) is 2.50. The second-order valence-electron chi connectivity index (χ2n) is 8.61. The third-order valence-corrected chi connectivity index (χ3v) is 3.92. The van der Waals surface area contributed by atoms with Crippen LogP contribution in [0, 0.1) is 13.8 Å².